The van der Waals surface area contributed by atoms with E-state index >= 15 is 0 Å². The Morgan fingerprint density at radius 3 is 3.12 bits per heavy atom. The van der Waals surface area contributed by atoms with Crippen LogP contribution in [0.5, 0.6) is 0 Å². The van der Waals surface area contributed by atoms with Crippen LogP contribution in [0.3, 0.4) is 0 Å². The summed E-state index contributed by atoms with van der Waals surface area (Å²) in [4.78, 5) is 11.3. The molecule has 0 bridgehead atoms. The van der Waals surface area contributed by atoms with Crippen molar-refractivity contribution in [2.45, 2.75) is 12.8 Å². The highest BCUT2D eigenvalue weighted by Gasteiger charge is 2.05. The highest BCUT2D eigenvalue weighted by molar-refractivity contribution is 5.77. The van der Waals surface area contributed by atoms with Gasteiger partial charge in [0.25, 0.3) is 0 Å². The molecule has 5 nitrogen and oxygen atoms in total. The molecule has 0 saturated carbocycles. The number of hydrogen-bond acceptors (Lipinski definition) is 4. The molecule has 0 atom stereocenters. The highest BCUT2D eigenvalue weighted by Crippen LogP contribution is 2.17. The van der Waals surface area contributed by atoms with Gasteiger partial charge in [-0.05, 0) is 18.6 Å². The molecule has 88 valence electrons. The number of unbranched alkanes of at least 4 members (excludes halogenated alkanes) is 1. The number of aromatic nitrogens is 1. The number of rotatable bonds is 4. The first kappa shape index (κ1) is 11.3. The third-order valence-electron chi connectivity index (χ3n) is 2.59. The Morgan fingerprint density at radius 1 is 1.53 bits per heavy atom. The molecule has 1 heterocycles. The van der Waals surface area contributed by atoms with E-state index in [1.165, 1.54) is 4.57 Å². The van der Waals surface area contributed by atoms with E-state index in [9.17, 15) is 4.79 Å². The minimum atomic E-state index is -0.360. The zero-order valence-electron chi connectivity index (χ0n) is 9.56. The normalized spacial score (nSPS) is 10.4. The lowest BCUT2D eigenvalue weighted by Crippen LogP contribution is -2.08. The molecule has 17 heavy (non-hydrogen) atoms. The summed E-state index contributed by atoms with van der Waals surface area (Å²) in [5.74, 6) is -0.360. The third-order valence-corrected chi connectivity index (χ3v) is 2.59. The lowest BCUT2D eigenvalue weighted by atomic mass is 10.2. The molecular weight excluding hydrogens is 218 g/mol. The van der Waals surface area contributed by atoms with Crippen molar-refractivity contribution in [3.8, 4) is 6.07 Å². The molecule has 0 aliphatic carbocycles. The van der Waals surface area contributed by atoms with Gasteiger partial charge in [0.1, 0.15) is 0 Å². The fraction of sp³-hybridized carbons (Fsp3) is 0.333. The Hall–Kier alpha value is -2.22. The summed E-state index contributed by atoms with van der Waals surface area (Å²) < 4.78 is 6.55. The Labute approximate surface area is 98.3 Å². The maximum atomic E-state index is 11.3. The monoisotopic (exact) mass is 231 g/mol. The van der Waals surface area contributed by atoms with Crippen LogP contribution in [0, 0.1) is 11.3 Å². The topological polar surface area (TPSA) is 71.0 Å². The summed E-state index contributed by atoms with van der Waals surface area (Å²) in [5, 5.41) is 11.6. The maximum Gasteiger partial charge on any atom is 0.419 e. The Bertz CT molecular complexity index is 619. The van der Waals surface area contributed by atoms with Crippen LogP contribution in [0.4, 0.5) is 5.69 Å². The zero-order chi connectivity index (χ0) is 12.3. The first-order chi connectivity index (χ1) is 8.22. The van der Waals surface area contributed by atoms with Crippen molar-refractivity contribution < 1.29 is 4.42 Å². The highest BCUT2D eigenvalue weighted by atomic mass is 16.4. The van der Waals surface area contributed by atoms with Crippen LogP contribution in [0.25, 0.3) is 11.1 Å². The van der Waals surface area contributed by atoms with Crippen molar-refractivity contribution in [2.75, 3.05) is 11.9 Å². The average molecular weight is 231 g/mol. The van der Waals surface area contributed by atoms with Gasteiger partial charge in [-0.2, -0.15) is 5.26 Å². The molecule has 0 saturated heterocycles. The first-order valence-electron chi connectivity index (χ1n) is 5.43. The molecule has 0 fully saturated rings. The van der Waals surface area contributed by atoms with Gasteiger partial charge in [0, 0.05) is 31.8 Å². The minimum Gasteiger partial charge on any atom is -0.408 e. The maximum absolute atomic E-state index is 11.3. The van der Waals surface area contributed by atoms with Crippen LogP contribution in [0.2, 0.25) is 0 Å². The summed E-state index contributed by atoms with van der Waals surface area (Å²) in [7, 11) is 1.67. The molecule has 0 unspecified atom stereocenters. The fourth-order valence-corrected chi connectivity index (χ4v) is 1.64. The summed E-state index contributed by atoms with van der Waals surface area (Å²) in [5.41, 5.74) is 2.24. The second-order valence-corrected chi connectivity index (χ2v) is 3.80. The van der Waals surface area contributed by atoms with Gasteiger partial charge in [0.05, 0.1) is 11.6 Å². The molecule has 5 heteroatoms. The van der Waals surface area contributed by atoms with Gasteiger partial charge in [0.15, 0.2) is 5.58 Å². The van der Waals surface area contributed by atoms with Gasteiger partial charge in [0.2, 0.25) is 0 Å². The Kier molecular flexibility index (Phi) is 3.15. The molecule has 0 aliphatic rings. The number of nitriles is 1. The van der Waals surface area contributed by atoms with Gasteiger partial charge < -0.3 is 9.73 Å². The first-order valence-corrected chi connectivity index (χ1v) is 5.43. The third kappa shape index (κ3) is 2.31. The van der Waals surface area contributed by atoms with Crippen molar-refractivity contribution in [2.24, 2.45) is 7.05 Å². The average Bonchev–Trinajstić information content (AvgIpc) is 2.61. The molecule has 1 aromatic carbocycles. The second kappa shape index (κ2) is 4.74. The quantitative estimate of drug-likeness (QED) is 0.815. The molecule has 0 aliphatic heterocycles. The van der Waals surface area contributed by atoms with E-state index in [0.717, 1.165) is 24.2 Å². The zero-order valence-corrected chi connectivity index (χ0v) is 9.56. The molecule has 0 amide bonds. The number of anilines is 1. The van der Waals surface area contributed by atoms with Gasteiger partial charge in [-0.3, -0.25) is 4.57 Å². The minimum absolute atomic E-state index is 0.360. The molecule has 1 aromatic heterocycles. The number of benzene rings is 1. The molecular formula is C12H13N3O2. The standard InChI is InChI=1S/C12H13N3O2/c1-15-10-5-4-9(14-7-3-2-6-13)8-11(10)17-12(15)16/h4-5,8,14H,2-3,7H2,1H3. The lowest BCUT2D eigenvalue weighted by Gasteiger charge is -2.04. The van der Waals surface area contributed by atoms with Gasteiger partial charge in [-0.1, -0.05) is 0 Å². The number of hydrogen-bond donors (Lipinski definition) is 1. The van der Waals surface area contributed by atoms with Gasteiger partial charge in [-0.25, -0.2) is 4.79 Å². The molecule has 1 N–H and O–H groups in total. The van der Waals surface area contributed by atoms with Crippen molar-refractivity contribution >= 4 is 16.8 Å². The summed E-state index contributed by atoms with van der Waals surface area (Å²) in [6.07, 6.45) is 1.34. The van der Waals surface area contributed by atoms with E-state index in [2.05, 4.69) is 11.4 Å². The number of fused-ring (bicyclic) bond motifs is 1. The van der Waals surface area contributed by atoms with Gasteiger partial charge >= 0.3 is 5.76 Å². The Balaban J connectivity index is 2.15. The van der Waals surface area contributed by atoms with E-state index in [4.69, 9.17) is 9.68 Å². The number of nitrogens with zero attached hydrogens (tertiary/aromatic N) is 2. The van der Waals surface area contributed by atoms with Crippen LogP contribution in [-0.2, 0) is 7.05 Å². The summed E-state index contributed by atoms with van der Waals surface area (Å²) in [6, 6.07) is 7.62. The Morgan fingerprint density at radius 2 is 2.35 bits per heavy atom. The number of aryl methyl sites for hydroxylation is 1. The van der Waals surface area contributed by atoms with E-state index in [1.807, 2.05) is 12.1 Å². The van der Waals surface area contributed by atoms with E-state index in [-0.39, 0.29) is 5.76 Å². The molecule has 2 rings (SSSR count). The number of nitrogens with one attached hydrogen (secondary N) is 1. The van der Waals surface area contributed by atoms with Crippen LogP contribution in [0.1, 0.15) is 12.8 Å². The van der Waals surface area contributed by atoms with E-state index in [1.54, 1.807) is 13.1 Å². The van der Waals surface area contributed by atoms with Crippen LogP contribution < -0.4 is 11.1 Å². The van der Waals surface area contributed by atoms with Crippen molar-refractivity contribution in [1.29, 1.82) is 5.26 Å². The smallest absolute Gasteiger partial charge is 0.408 e. The molecule has 2 aromatic rings. The predicted molar refractivity (Wildman–Crippen MR) is 64.8 cm³/mol. The van der Waals surface area contributed by atoms with Gasteiger partial charge in [-0.15, -0.1) is 0 Å². The van der Waals surface area contributed by atoms with Crippen molar-refractivity contribution in [1.82, 2.24) is 4.57 Å². The van der Waals surface area contributed by atoms with E-state index in [0.29, 0.717) is 12.0 Å². The summed E-state index contributed by atoms with van der Waals surface area (Å²) in [6.45, 7) is 0.732. The van der Waals surface area contributed by atoms with Crippen molar-refractivity contribution in [3.63, 3.8) is 0 Å². The molecule has 0 spiro atoms. The van der Waals surface area contributed by atoms with E-state index < -0.39 is 0 Å². The van der Waals surface area contributed by atoms with Crippen LogP contribution >= 0.6 is 0 Å². The lowest BCUT2D eigenvalue weighted by molar-refractivity contribution is 0.528. The summed E-state index contributed by atoms with van der Waals surface area (Å²) >= 11 is 0. The molecule has 0 radical (unpaired) electrons. The fourth-order valence-electron chi connectivity index (χ4n) is 1.64. The van der Waals surface area contributed by atoms with Crippen LogP contribution in [-0.4, -0.2) is 11.1 Å². The second-order valence-electron chi connectivity index (χ2n) is 3.80. The largest absolute Gasteiger partial charge is 0.419 e. The SMILES string of the molecule is Cn1c(=O)oc2cc(NCCCC#N)ccc21. The van der Waals surface area contributed by atoms with Crippen LogP contribution in [0.15, 0.2) is 27.4 Å². The number of oxazole rings is 1. The predicted octanol–water partition coefficient (Wildman–Crippen LogP) is 1.85. The van der Waals surface area contributed by atoms with Crippen molar-refractivity contribution in [3.05, 3.63) is 28.7 Å².